The van der Waals surface area contributed by atoms with Gasteiger partial charge in [0.05, 0.1) is 10.0 Å². The molecule has 4 rings (SSSR count). The third-order valence-electron chi connectivity index (χ3n) is 4.01. The number of aliphatic hydroxyl groups is 1. The van der Waals surface area contributed by atoms with Crippen LogP contribution in [-0.4, -0.2) is 11.7 Å². The Balaban J connectivity index is 1.88. The SMILES string of the molecule is OCC12CC(c3ccc(Cl)c(Cl)c3)(C1)C2. The first-order chi connectivity index (χ1) is 7.09. The fourth-order valence-electron chi connectivity index (χ4n) is 3.30. The van der Waals surface area contributed by atoms with Gasteiger partial charge in [-0.3, -0.25) is 0 Å². The maximum atomic E-state index is 9.20. The molecule has 1 aromatic rings. The van der Waals surface area contributed by atoms with E-state index in [0.29, 0.717) is 22.1 Å². The lowest BCUT2D eigenvalue weighted by Gasteiger charge is -2.70. The van der Waals surface area contributed by atoms with Crippen molar-refractivity contribution in [2.24, 2.45) is 5.41 Å². The van der Waals surface area contributed by atoms with Crippen molar-refractivity contribution >= 4 is 23.2 Å². The van der Waals surface area contributed by atoms with Gasteiger partial charge in [0.2, 0.25) is 0 Å². The summed E-state index contributed by atoms with van der Waals surface area (Å²) in [6.07, 6.45) is 3.32. The molecular weight excluding hydrogens is 231 g/mol. The number of hydrogen-bond acceptors (Lipinski definition) is 1. The van der Waals surface area contributed by atoms with Crippen LogP contribution in [0.1, 0.15) is 24.8 Å². The number of rotatable bonds is 2. The fourth-order valence-corrected chi connectivity index (χ4v) is 3.60. The molecule has 0 saturated heterocycles. The van der Waals surface area contributed by atoms with Crippen LogP contribution in [0.5, 0.6) is 0 Å². The molecule has 0 atom stereocenters. The van der Waals surface area contributed by atoms with Crippen LogP contribution in [0.25, 0.3) is 0 Å². The van der Waals surface area contributed by atoms with Crippen LogP contribution in [0.3, 0.4) is 0 Å². The van der Waals surface area contributed by atoms with Crippen molar-refractivity contribution in [2.75, 3.05) is 6.61 Å². The van der Waals surface area contributed by atoms with Crippen LogP contribution in [0.15, 0.2) is 18.2 Å². The summed E-state index contributed by atoms with van der Waals surface area (Å²) < 4.78 is 0. The van der Waals surface area contributed by atoms with E-state index in [1.54, 1.807) is 0 Å². The molecular formula is C12H12Cl2O. The lowest BCUT2D eigenvalue weighted by atomic mass is 9.34. The molecule has 3 aliphatic rings. The van der Waals surface area contributed by atoms with E-state index in [2.05, 4.69) is 6.07 Å². The second-order valence-electron chi connectivity index (χ2n) is 5.10. The zero-order valence-corrected chi connectivity index (χ0v) is 9.78. The summed E-state index contributed by atoms with van der Waals surface area (Å²) in [6, 6.07) is 5.91. The third kappa shape index (κ3) is 1.20. The fraction of sp³-hybridized carbons (Fsp3) is 0.500. The minimum atomic E-state index is 0.242. The minimum Gasteiger partial charge on any atom is -0.396 e. The van der Waals surface area contributed by atoms with Crippen molar-refractivity contribution in [3.8, 4) is 0 Å². The van der Waals surface area contributed by atoms with E-state index in [9.17, 15) is 5.11 Å². The standard InChI is InChI=1S/C12H12Cl2O/c13-9-2-1-8(3-10(9)14)12-4-11(5-12,6-12)7-15/h1-3,15H,4-7H2. The Morgan fingerprint density at radius 1 is 1.13 bits per heavy atom. The zero-order chi connectivity index (χ0) is 10.7. The topological polar surface area (TPSA) is 20.2 Å². The van der Waals surface area contributed by atoms with Crippen LogP contribution in [0.2, 0.25) is 10.0 Å². The van der Waals surface area contributed by atoms with Gasteiger partial charge >= 0.3 is 0 Å². The Labute approximate surface area is 99.0 Å². The van der Waals surface area contributed by atoms with Gasteiger partial charge in [-0.05, 0) is 47.8 Å². The van der Waals surface area contributed by atoms with Crippen molar-refractivity contribution < 1.29 is 5.11 Å². The van der Waals surface area contributed by atoms with E-state index in [1.165, 1.54) is 5.56 Å². The molecule has 80 valence electrons. The van der Waals surface area contributed by atoms with Crippen molar-refractivity contribution in [3.63, 3.8) is 0 Å². The molecule has 3 heteroatoms. The van der Waals surface area contributed by atoms with Gasteiger partial charge in [0.15, 0.2) is 0 Å². The first kappa shape index (κ1) is 9.95. The quantitative estimate of drug-likeness (QED) is 0.843. The lowest BCUT2D eigenvalue weighted by Crippen LogP contribution is -2.66. The van der Waals surface area contributed by atoms with E-state index >= 15 is 0 Å². The molecule has 0 radical (unpaired) electrons. The summed E-state index contributed by atoms with van der Waals surface area (Å²) in [7, 11) is 0. The molecule has 3 aliphatic carbocycles. The summed E-state index contributed by atoms with van der Waals surface area (Å²) in [5, 5.41) is 10.4. The van der Waals surface area contributed by atoms with Crippen LogP contribution in [-0.2, 0) is 5.41 Å². The summed E-state index contributed by atoms with van der Waals surface area (Å²) in [5.41, 5.74) is 1.83. The highest BCUT2D eigenvalue weighted by molar-refractivity contribution is 6.42. The molecule has 0 heterocycles. The maximum Gasteiger partial charge on any atom is 0.0595 e. The second-order valence-corrected chi connectivity index (χ2v) is 5.91. The third-order valence-corrected chi connectivity index (χ3v) is 4.75. The van der Waals surface area contributed by atoms with Crippen LogP contribution in [0.4, 0.5) is 0 Å². The zero-order valence-electron chi connectivity index (χ0n) is 8.26. The molecule has 0 amide bonds. The Kier molecular flexibility index (Phi) is 1.93. The lowest BCUT2D eigenvalue weighted by molar-refractivity contribution is -0.167. The number of hydrogen-bond donors (Lipinski definition) is 1. The molecule has 3 saturated carbocycles. The predicted molar refractivity (Wildman–Crippen MR) is 61.5 cm³/mol. The van der Waals surface area contributed by atoms with Crippen LogP contribution in [0, 0.1) is 5.41 Å². The van der Waals surface area contributed by atoms with Gasteiger partial charge in [-0.1, -0.05) is 29.3 Å². The Bertz CT molecular complexity index is 408. The van der Waals surface area contributed by atoms with Gasteiger partial charge in [0, 0.05) is 6.61 Å². The minimum absolute atomic E-state index is 0.242. The smallest absolute Gasteiger partial charge is 0.0595 e. The van der Waals surface area contributed by atoms with Crippen LogP contribution < -0.4 is 0 Å². The second kappa shape index (κ2) is 2.91. The molecule has 2 bridgehead atoms. The molecule has 0 aliphatic heterocycles. The Morgan fingerprint density at radius 2 is 1.80 bits per heavy atom. The highest BCUT2D eigenvalue weighted by Crippen LogP contribution is 2.73. The maximum absolute atomic E-state index is 9.20. The molecule has 1 aromatic carbocycles. The monoisotopic (exact) mass is 242 g/mol. The Morgan fingerprint density at radius 3 is 2.33 bits per heavy atom. The number of aliphatic hydroxyl groups excluding tert-OH is 1. The van der Waals surface area contributed by atoms with Crippen molar-refractivity contribution in [1.29, 1.82) is 0 Å². The summed E-state index contributed by atoms with van der Waals surface area (Å²) >= 11 is 11.9. The van der Waals surface area contributed by atoms with Crippen molar-refractivity contribution in [3.05, 3.63) is 33.8 Å². The van der Waals surface area contributed by atoms with Crippen molar-refractivity contribution in [1.82, 2.24) is 0 Å². The highest BCUT2D eigenvalue weighted by atomic mass is 35.5. The molecule has 1 N–H and O–H groups in total. The predicted octanol–water partition coefficient (Wildman–Crippen LogP) is 3.41. The average molecular weight is 243 g/mol. The van der Waals surface area contributed by atoms with E-state index < -0.39 is 0 Å². The van der Waals surface area contributed by atoms with Gasteiger partial charge in [-0.15, -0.1) is 0 Å². The van der Waals surface area contributed by atoms with E-state index in [4.69, 9.17) is 23.2 Å². The average Bonchev–Trinajstić information content (AvgIpc) is 2.07. The molecule has 1 nitrogen and oxygen atoms in total. The van der Waals surface area contributed by atoms with Crippen molar-refractivity contribution in [2.45, 2.75) is 24.7 Å². The van der Waals surface area contributed by atoms with Crippen LogP contribution >= 0.6 is 23.2 Å². The highest BCUT2D eigenvalue weighted by Gasteiger charge is 2.67. The van der Waals surface area contributed by atoms with E-state index in [1.807, 2.05) is 12.1 Å². The molecule has 0 unspecified atom stereocenters. The number of benzene rings is 1. The normalized spacial score (nSPS) is 37.0. The number of halogens is 2. The summed E-state index contributed by atoms with van der Waals surface area (Å²) in [5.74, 6) is 0. The van der Waals surface area contributed by atoms with Gasteiger partial charge in [-0.2, -0.15) is 0 Å². The summed E-state index contributed by atoms with van der Waals surface area (Å²) in [4.78, 5) is 0. The van der Waals surface area contributed by atoms with Gasteiger partial charge in [-0.25, -0.2) is 0 Å². The summed E-state index contributed by atoms with van der Waals surface area (Å²) in [6.45, 7) is 0.329. The first-order valence-corrected chi connectivity index (χ1v) is 5.91. The van der Waals surface area contributed by atoms with E-state index in [-0.39, 0.29) is 5.41 Å². The van der Waals surface area contributed by atoms with Gasteiger partial charge < -0.3 is 5.11 Å². The Hall–Kier alpha value is -0.240. The molecule has 15 heavy (non-hydrogen) atoms. The van der Waals surface area contributed by atoms with E-state index in [0.717, 1.165) is 19.3 Å². The molecule has 3 fully saturated rings. The first-order valence-electron chi connectivity index (χ1n) is 5.16. The molecule has 0 spiro atoms. The van der Waals surface area contributed by atoms with Gasteiger partial charge in [0.25, 0.3) is 0 Å². The molecule has 0 aromatic heterocycles. The van der Waals surface area contributed by atoms with Gasteiger partial charge in [0.1, 0.15) is 0 Å². The largest absolute Gasteiger partial charge is 0.396 e.